The largest absolute Gasteiger partial charge is 0.462 e. The van der Waals surface area contributed by atoms with E-state index in [0.717, 1.165) is 16.3 Å². The lowest BCUT2D eigenvalue weighted by Gasteiger charge is -2.11. The van der Waals surface area contributed by atoms with Crippen molar-refractivity contribution in [3.63, 3.8) is 0 Å². The Kier molecular flexibility index (Phi) is 5.64. The Morgan fingerprint density at radius 3 is 2.50 bits per heavy atom. The number of amides is 1. The van der Waals surface area contributed by atoms with Crippen molar-refractivity contribution in [3.05, 3.63) is 77.9 Å². The fourth-order valence-corrected chi connectivity index (χ4v) is 2.95. The van der Waals surface area contributed by atoms with Crippen molar-refractivity contribution in [2.45, 2.75) is 19.8 Å². The molecule has 0 atom stereocenters. The molecule has 4 nitrogen and oxygen atoms in total. The highest BCUT2D eigenvalue weighted by molar-refractivity contribution is 6.01. The molecule has 0 fully saturated rings. The standard InChI is InChI=1S/C22H21NO3/c1-2-26-22(25)19-12-5-6-13-20(19)23-21(24)15-14-17-10-7-9-16-8-3-4-11-18(16)17/h3-13H,2,14-15H2,1H3,(H,23,24). The van der Waals surface area contributed by atoms with E-state index in [-0.39, 0.29) is 5.91 Å². The van der Waals surface area contributed by atoms with Gasteiger partial charge in [0.25, 0.3) is 0 Å². The molecule has 3 rings (SSSR count). The average molecular weight is 347 g/mol. The molecule has 0 radical (unpaired) electrons. The van der Waals surface area contributed by atoms with Gasteiger partial charge in [-0.05, 0) is 41.8 Å². The number of esters is 1. The Balaban J connectivity index is 1.69. The maximum atomic E-state index is 12.4. The van der Waals surface area contributed by atoms with Crippen molar-refractivity contribution >= 4 is 28.3 Å². The zero-order chi connectivity index (χ0) is 18.4. The number of fused-ring (bicyclic) bond motifs is 1. The van der Waals surface area contributed by atoms with Crippen molar-refractivity contribution in [3.8, 4) is 0 Å². The molecule has 0 unspecified atom stereocenters. The van der Waals surface area contributed by atoms with E-state index in [9.17, 15) is 9.59 Å². The maximum absolute atomic E-state index is 12.4. The second-order valence-corrected chi connectivity index (χ2v) is 5.95. The van der Waals surface area contributed by atoms with Crippen LogP contribution in [0.15, 0.2) is 66.7 Å². The number of ether oxygens (including phenoxy) is 1. The van der Waals surface area contributed by atoms with Crippen LogP contribution in [0.5, 0.6) is 0 Å². The SMILES string of the molecule is CCOC(=O)c1ccccc1NC(=O)CCc1cccc2ccccc12. The molecular weight excluding hydrogens is 326 g/mol. The molecule has 0 spiro atoms. The smallest absolute Gasteiger partial charge is 0.340 e. The molecular formula is C22H21NO3. The number of benzene rings is 3. The first kappa shape index (κ1) is 17.7. The van der Waals surface area contributed by atoms with Gasteiger partial charge in [0.2, 0.25) is 5.91 Å². The van der Waals surface area contributed by atoms with Gasteiger partial charge >= 0.3 is 5.97 Å². The van der Waals surface area contributed by atoms with Crippen molar-refractivity contribution in [1.82, 2.24) is 0 Å². The molecule has 3 aromatic carbocycles. The molecule has 1 amide bonds. The number of anilines is 1. The second-order valence-electron chi connectivity index (χ2n) is 5.95. The Labute approximate surface area is 152 Å². The van der Waals surface area contributed by atoms with Crippen LogP contribution in [0.3, 0.4) is 0 Å². The summed E-state index contributed by atoms with van der Waals surface area (Å²) in [5, 5.41) is 5.16. The predicted octanol–water partition coefficient (Wildman–Crippen LogP) is 4.59. The predicted molar refractivity (Wildman–Crippen MR) is 103 cm³/mol. The summed E-state index contributed by atoms with van der Waals surface area (Å²) in [6.07, 6.45) is 0.972. The molecule has 0 aliphatic rings. The van der Waals surface area contributed by atoms with Crippen LogP contribution in [0, 0.1) is 0 Å². The van der Waals surface area contributed by atoms with E-state index in [2.05, 4.69) is 23.5 Å². The Morgan fingerprint density at radius 2 is 1.65 bits per heavy atom. The summed E-state index contributed by atoms with van der Waals surface area (Å²) in [5.41, 5.74) is 1.98. The summed E-state index contributed by atoms with van der Waals surface area (Å²) in [7, 11) is 0. The van der Waals surface area contributed by atoms with Crippen molar-refractivity contribution < 1.29 is 14.3 Å². The number of para-hydroxylation sites is 1. The Morgan fingerprint density at radius 1 is 0.923 bits per heavy atom. The Hall–Kier alpha value is -3.14. The lowest BCUT2D eigenvalue weighted by atomic mass is 10.0. The zero-order valence-corrected chi connectivity index (χ0v) is 14.7. The van der Waals surface area contributed by atoms with E-state index in [4.69, 9.17) is 4.74 Å². The molecule has 0 bridgehead atoms. The summed E-state index contributed by atoms with van der Waals surface area (Å²) in [6, 6.07) is 21.1. The van der Waals surface area contributed by atoms with Crippen LogP contribution in [0.25, 0.3) is 10.8 Å². The van der Waals surface area contributed by atoms with Crippen LogP contribution in [0.4, 0.5) is 5.69 Å². The van der Waals surface area contributed by atoms with Gasteiger partial charge in [-0.2, -0.15) is 0 Å². The van der Waals surface area contributed by atoms with Crippen molar-refractivity contribution in [1.29, 1.82) is 0 Å². The molecule has 0 saturated heterocycles. The summed E-state index contributed by atoms with van der Waals surface area (Å²) in [6.45, 7) is 2.05. The van der Waals surface area contributed by atoms with Crippen molar-refractivity contribution in [2.24, 2.45) is 0 Å². The van der Waals surface area contributed by atoms with E-state index in [1.807, 2.05) is 24.3 Å². The zero-order valence-electron chi connectivity index (χ0n) is 14.7. The number of rotatable bonds is 6. The summed E-state index contributed by atoms with van der Waals surface area (Å²) >= 11 is 0. The molecule has 4 heteroatoms. The highest BCUT2D eigenvalue weighted by atomic mass is 16.5. The molecule has 0 aromatic heterocycles. The first-order valence-electron chi connectivity index (χ1n) is 8.71. The van der Waals surface area contributed by atoms with E-state index in [1.54, 1.807) is 31.2 Å². The number of aryl methyl sites for hydroxylation is 1. The highest BCUT2D eigenvalue weighted by Gasteiger charge is 2.14. The number of hydrogen-bond acceptors (Lipinski definition) is 3. The molecule has 0 saturated carbocycles. The molecule has 0 heterocycles. The number of carbonyl (C=O) groups excluding carboxylic acids is 2. The molecule has 0 aliphatic carbocycles. The lowest BCUT2D eigenvalue weighted by Crippen LogP contribution is -2.16. The summed E-state index contributed by atoms with van der Waals surface area (Å²) in [4.78, 5) is 24.4. The normalized spacial score (nSPS) is 10.5. The van der Waals surface area contributed by atoms with Crippen LogP contribution in [0.2, 0.25) is 0 Å². The minimum absolute atomic E-state index is 0.130. The van der Waals surface area contributed by atoms with E-state index in [0.29, 0.717) is 30.7 Å². The average Bonchev–Trinajstić information content (AvgIpc) is 2.67. The second kappa shape index (κ2) is 8.30. The fraction of sp³-hybridized carbons (Fsp3) is 0.182. The van der Waals surface area contributed by atoms with Gasteiger partial charge in [-0.3, -0.25) is 4.79 Å². The summed E-state index contributed by atoms with van der Waals surface area (Å²) < 4.78 is 5.04. The van der Waals surface area contributed by atoms with Gasteiger partial charge in [0.1, 0.15) is 0 Å². The lowest BCUT2D eigenvalue weighted by molar-refractivity contribution is -0.116. The van der Waals surface area contributed by atoms with Crippen LogP contribution in [-0.4, -0.2) is 18.5 Å². The highest BCUT2D eigenvalue weighted by Crippen LogP contribution is 2.21. The number of carbonyl (C=O) groups is 2. The minimum Gasteiger partial charge on any atom is -0.462 e. The van der Waals surface area contributed by atoms with E-state index >= 15 is 0 Å². The van der Waals surface area contributed by atoms with Gasteiger partial charge in [-0.25, -0.2) is 4.79 Å². The maximum Gasteiger partial charge on any atom is 0.340 e. The third kappa shape index (κ3) is 4.09. The quantitative estimate of drug-likeness (QED) is 0.664. The van der Waals surface area contributed by atoms with Gasteiger partial charge in [0.15, 0.2) is 0 Å². The van der Waals surface area contributed by atoms with Crippen LogP contribution in [0.1, 0.15) is 29.3 Å². The van der Waals surface area contributed by atoms with Gasteiger partial charge < -0.3 is 10.1 Å². The van der Waals surface area contributed by atoms with Gasteiger partial charge in [0, 0.05) is 6.42 Å². The molecule has 3 aromatic rings. The first-order chi connectivity index (χ1) is 12.7. The van der Waals surface area contributed by atoms with Gasteiger partial charge in [0.05, 0.1) is 17.9 Å². The monoisotopic (exact) mass is 347 g/mol. The summed E-state index contributed by atoms with van der Waals surface area (Å²) in [5.74, 6) is -0.563. The first-order valence-corrected chi connectivity index (χ1v) is 8.71. The van der Waals surface area contributed by atoms with Crippen LogP contribution < -0.4 is 5.32 Å². The third-order valence-electron chi connectivity index (χ3n) is 4.20. The number of hydrogen-bond donors (Lipinski definition) is 1. The van der Waals surface area contributed by atoms with Crippen LogP contribution in [-0.2, 0) is 16.0 Å². The van der Waals surface area contributed by atoms with E-state index in [1.165, 1.54) is 0 Å². The topological polar surface area (TPSA) is 55.4 Å². The van der Waals surface area contributed by atoms with E-state index < -0.39 is 5.97 Å². The molecule has 0 aliphatic heterocycles. The molecule has 132 valence electrons. The van der Waals surface area contributed by atoms with Gasteiger partial charge in [-0.1, -0.05) is 54.6 Å². The third-order valence-corrected chi connectivity index (χ3v) is 4.20. The fourth-order valence-electron chi connectivity index (χ4n) is 2.95. The number of nitrogens with one attached hydrogen (secondary N) is 1. The van der Waals surface area contributed by atoms with Crippen molar-refractivity contribution in [2.75, 3.05) is 11.9 Å². The van der Waals surface area contributed by atoms with Gasteiger partial charge in [-0.15, -0.1) is 0 Å². The van der Waals surface area contributed by atoms with Crippen LogP contribution >= 0.6 is 0 Å². The molecule has 1 N–H and O–H groups in total. The minimum atomic E-state index is -0.433. The Bertz CT molecular complexity index is 928. The molecule has 26 heavy (non-hydrogen) atoms.